The molecule has 0 aliphatic carbocycles. The number of alkyl halides is 3. The van der Waals surface area contributed by atoms with Crippen LogP contribution in [0.1, 0.15) is 15.2 Å². The summed E-state index contributed by atoms with van der Waals surface area (Å²) < 4.78 is 38.8. The van der Waals surface area contributed by atoms with Crippen molar-refractivity contribution in [1.29, 1.82) is 0 Å². The highest BCUT2D eigenvalue weighted by atomic mass is 32.1. The fraction of sp³-hybridized carbons (Fsp3) is 0.263. The van der Waals surface area contributed by atoms with Crippen LogP contribution in [0.3, 0.4) is 0 Å². The second-order valence-electron chi connectivity index (χ2n) is 6.52. The van der Waals surface area contributed by atoms with E-state index in [-0.39, 0.29) is 16.9 Å². The molecule has 0 spiro atoms. The third-order valence-corrected chi connectivity index (χ3v) is 4.88. The summed E-state index contributed by atoms with van der Waals surface area (Å²) in [5, 5.41) is 5.81. The number of nitrogens with zero attached hydrogens (tertiary/aromatic N) is 4. The minimum atomic E-state index is -4.49. The Morgan fingerprint density at radius 2 is 1.97 bits per heavy atom. The quantitative estimate of drug-likeness (QED) is 0.588. The molecule has 0 aliphatic rings. The predicted molar refractivity (Wildman–Crippen MR) is 109 cm³/mol. The number of halogens is 3. The lowest BCUT2D eigenvalue weighted by Crippen LogP contribution is -2.31. The minimum Gasteiger partial charge on any atom is -0.350 e. The lowest BCUT2D eigenvalue weighted by Gasteiger charge is -2.10. The van der Waals surface area contributed by atoms with Gasteiger partial charge in [-0.05, 0) is 38.4 Å². The van der Waals surface area contributed by atoms with E-state index >= 15 is 0 Å². The number of carbonyl (C=O) groups is 1. The van der Waals surface area contributed by atoms with Crippen LogP contribution in [0.15, 0.2) is 42.7 Å². The van der Waals surface area contributed by atoms with Gasteiger partial charge in [-0.15, -0.1) is 0 Å². The molecule has 30 heavy (non-hydrogen) atoms. The van der Waals surface area contributed by atoms with Gasteiger partial charge in [0.15, 0.2) is 5.13 Å². The van der Waals surface area contributed by atoms with Crippen molar-refractivity contribution >= 4 is 28.2 Å². The molecule has 11 heteroatoms. The topological polar surface area (TPSA) is 83.0 Å². The number of amides is 1. The Morgan fingerprint density at radius 3 is 2.63 bits per heavy atom. The molecule has 0 aliphatic heterocycles. The van der Waals surface area contributed by atoms with Crippen molar-refractivity contribution in [3.63, 3.8) is 0 Å². The summed E-state index contributed by atoms with van der Waals surface area (Å²) in [5.74, 6) is -0.356. The first-order valence-electron chi connectivity index (χ1n) is 8.89. The minimum absolute atomic E-state index is 0.0225. The smallest absolute Gasteiger partial charge is 0.350 e. The highest BCUT2D eigenvalue weighted by Crippen LogP contribution is 2.33. The molecule has 3 rings (SSSR count). The van der Waals surface area contributed by atoms with Gasteiger partial charge in [-0.2, -0.15) is 13.2 Å². The third kappa shape index (κ3) is 5.51. The van der Waals surface area contributed by atoms with Gasteiger partial charge in [0, 0.05) is 25.5 Å². The molecule has 3 aromatic heterocycles. The molecule has 0 saturated carbocycles. The summed E-state index contributed by atoms with van der Waals surface area (Å²) in [6, 6.07) is 6.97. The molecule has 0 bridgehead atoms. The molecule has 2 N–H and O–H groups in total. The van der Waals surface area contributed by atoms with Crippen molar-refractivity contribution in [3.05, 3.63) is 53.2 Å². The van der Waals surface area contributed by atoms with Crippen molar-refractivity contribution < 1.29 is 18.0 Å². The summed E-state index contributed by atoms with van der Waals surface area (Å²) in [7, 11) is 3.78. The van der Waals surface area contributed by atoms with E-state index in [2.05, 4.69) is 25.6 Å². The fourth-order valence-electron chi connectivity index (χ4n) is 2.46. The Kier molecular flexibility index (Phi) is 6.63. The van der Waals surface area contributed by atoms with Crippen LogP contribution in [0.5, 0.6) is 0 Å². The second-order valence-corrected chi connectivity index (χ2v) is 7.52. The van der Waals surface area contributed by atoms with E-state index in [4.69, 9.17) is 0 Å². The number of nitrogens with one attached hydrogen (secondary N) is 2. The molecule has 158 valence electrons. The number of likely N-dealkylation sites (N-methyl/N-ethyl adjacent to an activating group) is 1. The Morgan fingerprint density at radius 1 is 1.17 bits per heavy atom. The van der Waals surface area contributed by atoms with Gasteiger partial charge in [0.05, 0.1) is 11.3 Å². The van der Waals surface area contributed by atoms with Crippen LogP contribution in [0, 0.1) is 0 Å². The van der Waals surface area contributed by atoms with Crippen LogP contribution in [0.4, 0.5) is 24.1 Å². The summed E-state index contributed by atoms with van der Waals surface area (Å²) >= 11 is 1.02. The first-order valence-corrected chi connectivity index (χ1v) is 9.71. The molecular formula is C19H19F3N6OS. The molecular weight excluding hydrogens is 417 g/mol. The zero-order chi connectivity index (χ0) is 21.7. The van der Waals surface area contributed by atoms with E-state index in [1.165, 1.54) is 0 Å². The zero-order valence-corrected chi connectivity index (χ0v) is 17.0. The molecule has 0 radical (unpaired) electrons. The number of hydrogen-bond acceptors (Lipinski definition) is 7. The zero-order valence-electron chi connectivity index (χ0n) is 16.2. The molecule has 3 heterocycles. The number of pyridine rings is 2. The number of hydrogen-bond donors (Lipinski definition) is 2. The molecule has 0 unspecified atom stereocenters. The summed E-state index contributed by atoms with van der Waals surface area (Å²) in [4.78, 5) is 27.5. The number of thiazole rings is 1. The normalized spacial score (nSPS) is 11.5. The van der Waals surface area contributed by atoms with Crippen LogP contribution in [-0.4, -0.2) is 52.9 Å². The summed E-state index contributed by atoms with van der Waals surface area (Å²) in [5.41, 5.74) is -0.00264. The van der Waals surface area contributed by atoms with Gasteiger partial charge in [-0.3, -0.25) is 9.78 Å². The maximum Gasteiger partial charge on any atom is 0.416 e. The van der Waals surface area contributed by atoms with E-state index in [1.807, 2.05) is 19.0 Å². The molecule has 0 saturated heterocycles. The Hall–Kier alpha value is -3.05. The maximum absolute atomic E-state index is 12.9. The van der Waals surface area contributed by atoms with Crippen molar-refractivity contribution in [2.45, 2.75) is 6.18 Å². The highest BCUT2D eigenvalue weighted by Gasteiger charge is 2.31. The van der Waals surface area contributed by atoms with Crippen LogP contribution >= 0.6 is 11.3 Å². The number of aromatic nitrogens is 3. The van der Waals surface area contributed by atoms with Gasteiger partial charge in [0.25, 0.3) is 5.91 Å². The molecule has 0 atom stereocenters. The van der Waals surface area contributed by atoms with Gasteiger partial charge < -0.3 is 15.5 Å². The van der Waals surface area contributed by atoms with E-state index in [0.29, 0.717) is 29.4 Å². The predicted octanol–water partition coefficient (Wildman–Crippen LogP) is 3.65. The van der Waals surface area contributed by atoms with Gasteiger partial charge >= 0.3 is 6.18 Å². The Bertz CT molecular complexity index is 1010. The summed E-state index contributed by atoms with van der Waals surface area (Å²) in [6.07, 6.45) is -1.85. The number of rotatable bonds is 7. The monoisotopic (exact) mass is 436 g/mol. The van der Waals surface area contributed by atoms with Gasteiger partial charge in [-0.25, -0.2) is 9.97 Å². The maximum atomic E-state index is 12.9. The Balaban J connectivity index is 1.89. The lowest BCUT2D eigenvalue weighted by atomic mass is 10.2. The molecule has 0 fully saturated rings. The van der Waals surface area contributed by atoms with Crippen molar-refractivity contribution in [2.24, 2.45) is 0 Å². The van der Waals surface area contributed by atoms with Crippen LogP contribution < -0.4 is 10.6 Å². The number of carbonyl (C=O) groups excluding carboxylic acids is 1. The first kappa shape index (κ1) is 21.7. The standard InChI is InChI=1S/C19H19F3N6OS/c1-28(2)10-9-25-17(29)16-15(13-5-3-4-7-23-13)27-18(30-16)26-14-11-12(6-8-24-14)19(20,21)22/h3-8,11H,9-10H2,1-2H3,(H,25,29)(H,24,26,27). The van der Waals surface area contributed by atoms with Gasteiger partial charge in [0.1, 0.15) is 16.4 Å². The van der Waals surface area contributed by atoms with E-state index in [1.54, 1.807) is 24.4 Å². The SMILES string of the molecule is CN(C)CCNC(=O)c1sc(Nc2cc(C(F)(F)F)ccn2)nc1-c1ccccn1. The average molecular weight is 436 g/mol. The Labute approximate surface area is 175 Å². The highest BCUT2D eigenvalue weighted by molar-refractivity contribution is 7.18. The first-order chi connectivity index (χ1) is 14.2. The van der Waals surface area contributed by atoms with Gasteiger partial charge in [-0.1, -0.05) is 17.4 Å². The van der Waals surface area contributed by atoms with Gasteiger partial charge in [0.2, 0.25) is 0 Å². The van der Waals surface area contributed by atoms with E-state index in [0.717, 1.165) is 29.7 Å². The van der Waals surface area contributed by atoms with Crippen molar-refractivity contribution in [1.82, 2.24) is 25.2 Å². The largest absolute Gasteiger partial charge is 0.416 e. The third-order valence-electron chi connectivity index (χ3n) is 3.91. The summed E-state index contributed by atoms with van der Waals surface area (Å²) in [6.45, 7) is 1.09. The molecule has 7 nitrogen and oxygen atoms in total. The van der Waals surface area contributed by atoms with Crippen LogP contribution in [-0.2, 0) is 6.18 Å². The van der Waals surface area contributed by atoms with Crippen LogP contribution in [0.25, 0.3) is 11.4 Å². The van der Waals surface area contributed by atoms with Crippen LogP contribution in [0.2, 0.25) is 0 Å². The lowest BCUT2D eigenvalue weighted by molar-refractivity contribution is -0.137. The van der Waals surface area contributed by atoms with E-state index in [9.17, 15) is 18.0 Å². The fourth-order valence-corrected chi connectivity index (χ4v) is 3.36. The average Bonchev–Trinajstić information content (AvgIpc) is 3.12. The number of anilines is 2. The molecule has 0 aromatic carbocycles. The molecule has 3 aromatic rings. The molecule has 1 amide bonds. The van der Waals surface area contributed by atoms with Crippen molar-refractivity contribution in [3.8, 4) is 11.4 Å². The second kappa shape index (κ2) is 9.18. The van der Waals surface area contributed by atoms with Crippen molar-refractivity contribution in [2.75, 3.05) is 32.5 Å². The van der Waals surface area contributed by atoms with E-state index < -0.39 is 11.7 Å².